The number of carbonyl (C=O) groups is 1. The molecule has 0 spiro atoms. The molecular formula is C13H29N3O. The van der Waals surface area contributed by atoms with Crippen molar-refractivity contribution < 1.29 is 4.79 Å². The Balaban J connectivity index is 4.53. The molecule has 0 radical (unpaired) electrons. The van der Waals surface area contributed by atoms with Crippen molar-refractivity contribution in [3.8, 4) is 0 Å². The molecule has 0 aliphatic heterocycles. The lowest BCUT2D eigenvalue weighted by molar-refractivity contribution is -0.121. The summed E-state index contributed by atoms with van der Waals surface area (Å²) in [5.41, 5.74) is 5.81. The number of carbonyl (C=O) groups excluding carboxylic acids is 1. The zero-order chi connectivity index (χ0) is 13.4. The zero-order valence-electron chi connectivity index (χ0n) is 12.0. The Labute approximate surface area is 106 Å². The molecule has 0 aliphatic rings. The molecule has 1 atom stereocenters. The van der Waals surface area contributed by atoms with E-state index < -0.39 is 0 Å². The van der Waals surface area contributed by atoms with E-state index in [1.54, 1.807) is 7.05 Å². The summed E-state index contributed by atoms with van der Waals surface area (Å²) in [5.74, 6) is 1.25. The molecule has 0 saturated heterocycles. The molecule has 102 valence electrons. The summed E-state index contributed by atoms with van der Waals surface area (Å²) in [6.45, 7) is 11.3. The zero-order valence-corrected chi connectivity index (χ0v) is 12.0. The third kappa shape index (κ3) is 7.34. The lowest BCUT2D eigenvalue weighted by Gasteiger charge is -2.33. The van der Waals surface area contributed by atoms with E-state index in [-0.39, 0.29) is 11.9 Å². The molecule has 0 bridgehead atoms. The highest BCUT2D eigenvalue weighted by Crippen LogP contribution is 2.10. The minimum atomic E-state index is 0.0676. The van der Waals surface area contributed by atoms with Gasteiger partial charge in [-0.1, -0.05) is 27.7 Å². The fraction of sp³-hybridized carbons (Fsp3) is 0.923. The highest BCUT2D eigenvalue weighted by atomic mass is 16.1. The molecule has 1 unspecified atom stereocenters. The van der Waals surface area contributed by atoms with Gasteiger partial charge in [0.2, 0.25) is 5.91 Å². The summed E-state index contributed by atoms with van der Waals surface area (Å²) >= 11 is 0. The molecule has 0 saturated carbocycles. The Hall–Kier alpha value is -0.610. The molecule has 0 aromatic carbocycles. The first-order valence-corrected chi connectivity index (χ1v) is 6.55. The second-order valence-electron chi connectivity index (χ2n) is 5.51. The number of rotatable bonds is 8. The molecule has 0 aromatic rings. The molecule has 0 heterocycles. The van der Waals surface area contributed by atoms with Gasteiger partial charge in [0, 0.05) is 39.1 Å². The van der Waals surface area contributed by atoms with Gasteiger partial charge in [-0.3, -0.25) is 9.69 Å². The van der Waals surface area contributed by atoms with Gasteiger partial charge in [0.1, 0.15) is 0 Å². The van der Waals surface area contributed by atoms with Crippen molar-refractivity contribution in [2.24, 2.45) is 17.6 Å². The summed E-state index contributed by atoms with van der Waals surface area (Å²) in [6.07, 6.45) is 0.493. The highest BCUT2D eigenvalue weighted by molar-refractivity contribution is 5.76. The molecule has 4 nitrogen and oxygen atoms in total. The Kier molecular flexibility index (Phi) is 8.17. The highest BCUT2D eigenvalue weighted by Gasteiger charge is 2.21. The van der Waals surface area contributed by atoms with Gasteiger partial charge in [-0.15, -0.1) is 0 Å². The van der Waals surface area contributed by atoms with Crippen molar-refractivity contribution in [3.63, 3.8) is 0 Å². The van der Waals surface area contributed by atoms with Crippen LogP contribution in [0.4, 0.5) is 0 Å². The summed E-state index contributed by atoms with van der Waals surface area (Å²) in [6, 6.07) is 0.153. The summed E-state index contributed by atoms with van der Waals surface area (Å²) in [7, 11) is 1.67. The number of amides is 1. The van der Waals surface area contributed by atoms with Crippen LogP contribution in [-0.4, -0.2) is 43.5 Å². The van der Waals surface area contributed by atoms with E-state index in [9.17, 15) is 4.79 Å². The minimum Gasteiger partial charge on any atom is -0.359 e. The molecule has 4 heteroatoms. The summed E-state index contributed by atoms with van der Waals surface area (Å²) in [4.78, 5) is 13.8. The van der Waals surface area contributed by atoms with Crippen LogP contribution in [0.1, 0.15) is 34.1 Å². The van der Waals surface area contributed by atoms with E-state index >= 15 is 0 Å². The number of nitrogens with one attached hydrogen (secondary N) is 1. The maximum Gasteiger partial charge on any atom is 0.221 e. The maximum atomic E-state index is 11.5. The van der Waals surface area contributed by atoms with Crippen LogP contribution in [0.15, 0.2) is 0 Å². The van der Waals surface area contributed by atoms with Crippen molar-refractivity contribution in [2.75, 3.05) is 26.7 Å². The number of hydrogen-bond acceptors (Lipinski definition) is 3. The fourth-order valence-electron chi connectivity index (χ4n) is 1.99. The van der Waals surface area contributed by atoms with Crippen LogP contribution in [0.5, 0.6) is 0 Å². The predicted molar refractivity (Wildman–Crippen MR) is 72.8 cm³/mol. The quantitative estimate of drug-likeness (QED) is 0.670. The Bertz CT molecular complexity index is 207. The largest absolute Gasteiger partial charge is 0.359 e. The molecule has 17 heavy (non-hydrogen) atoms. The summed E-state index contributed by atoms with van der Waals surface area (Å²) < 4.78 is 0. The topological polar surface area (TPSA) is 58.4 Å². The third-order valence-electron chi connectivity index (χ3n) is 2.69. The smallest absolute Gasteiger partial charge is 0.221 e. The van der Waals surface area contributed by atoms with Crippen molar-refractivity contribution >= 4 is 5.91 Å². The molecule has 0 aliphatic carbocycles. The molecule has 1 amide bonds. The van der Waals surface area contributed by atoms with Crippen LogP contribution in [0.25, 0.3) is 0 Å². The van der Waals surface area contributed by atoms with Gasteiger partial charge in [0.05, 0.1) is 0 Å². The van der Waals surface area contributed by atoms with Crippen LogP contribution in [-0.2, 0) is 4.79 Å². The molecular weight excluding hydrogens is 214 g/mol. The first-order valence-electron chi connectivity index (χ1n) is 6.55. The number of hydrogen-bond donors (Lipinski definition) is 2. The maximum absolute atomic E-state index is 11.5. The van der Waals surface area contributed by atoms with E-state index in [2.05, 4.69) is 37.9 Å². The molecule has 0 aromatic heterocycles. The Morgan fingerprint density at radius 2 is 1.65 bits per heavy atom. The number of nitrogens with two attached hydrogens (primary N) is 1. The Morgan fingerprint density at radius 1 is 1.18 bits per heavy atom. The van der Waals surface area contributed by atoms with E-state index in [1.165, 1.54) is 0 Å². The van der Waals surface area contributed by atoms with E-state index in [0.717, 1.165) is 13.1 Å². The van der Waals surface area contributed by atoms with Crippen molar-refractivity contribution in [2.45, 2.75) is 40.2 Å². The predicted octanol–water partition coefficient (Wildman–Crippen LogP) is 1.06. The van der Waals surface area contributed by atoms with Crippen LogP contribution in [0.2, 0.25) is 0 Å². The second kappa shape index (κ2) is 8.48. The summed E-state index contributed by atoms with van der Waals surface area (Å²) in [5, 5.41) is 2.67. The van der Waals surface area contributed by atoms with E-state index in [1.807, 2.05) is 0 Å². The lowest BCUT2D eigenvalue weighted by Crippen LogP contribution is -2.46. The van der Waals surface area contributed by atoms with Gasteiger partial charge in [0.15, 0.2) is 0 Å². The fourth-order valence-corrected chi connectivity index (χ4v) is 1.99. The van der Waals surface area contributed by atoms with Crippen LogP contribution >= 0.6 is 0 Å². The Morgan fingerprint density at radius 3 is 1.94 bits per heavy atom. The molecule has 0 rings (SSSR count). The molecule has 0 fully saturated rings. The van der Waals surface area contributed by atoms with E-state index in [4.69, 9.17) is 5.73 Å². The third-order valence-corrected chi connectivity index (χ3v) is 2.69. The van der Waals surface area contributed by atoms with Gasteiger partial charge in [-0.05, 0) is 11.8 Å². The van der Waals surface area contributed by atoms with Gasteiger partial charge >= 0.3 is 0 Å². The standard InChI is InChI=1S/C13H29N3O/c1-10(2)8-16(9-11(3)4)12(7-14)6-13(17)15-5/h10-12H,6-9,14H2,1-5H3,(H,15,17). The van der Waals surface area contributed by atoms with Crippen LogP contribution < -0.4 is 11.1 Å². The second-order valence-corrected chi connectivity index (χ2v) is 5.51. The van der Waals surface area contributed by atoms with Gasteiger partial charge in [-0.25, -0.2) is 0 Å². The van der Waals surface area contributed by atoms with Gasteiger partial charge < -0.3 is 11.1 Å². The minimum absolute atomic E-state index is 0.0676. The average molecular weight is 243 g/mol. The van der Waals surface area contributed by atoms with Crippen LogP contribution in [0.3, 0.4) is 0 Å². The monoisotopic (exact) mass is 243 g/mol. The molecule has 3 N–H and O–H groups in total. The van der Waals surface area contributed by atoms with Crippen molar-refractivity contribution in [3.05, 3.63) is 0 Å². The van der Waals surface area contributed by atoms with E-state index in [0.29, 0.717) is 24.8 Å². The van der Waals surface area contributed by atoms with Crippen LogP contribution in [0, 0.1) is 11.8 Å². The SMILES string of the molecule is CNC(=O)CC(CN)N(CC(C)C)CC(C)C. The van der Waals surface area contributed by atoms with Gasteiger partial charge in [0.25, 0.3) is 0 Å². The lowest BCUT2D eigenvalue weighted by atomic mass is 10.1. The number of nitrogens with zero attached hydrogens (tertiary/aromatic N) is 1. The normalized spacial score (nSPS) is 13.5. The first kappa shape index (κ1) is 16.4. The average Bonchev–Trinajstić information content (AvgIpc) is 2.23. The first-order chi connectivity index (χ1) is 7.90. The van der Waals surface area contributed by atoms with Crippen molar-refractivity contribution in [1.82, 2.24) is 10.2 Å². The van der Waals surface area contributed by atoms with Crippen molar-refractivity contribution in [1.29, 1.82) is 0 Å². The van der Waals surface area contributed by atoms with Gasteiger partial charge in [-0.2, -0.15) is 0 Å².